The quantitative estimate of drug-likeness (QED) is 0.585. The van der Waals surface area contributed by atoms with E-state index in [2.05, 4.69) is 46.3 Å². The predicted octanol–water partition coefficient (Wildman–Crippen LogP) is 5.46. The summed E-state index contributed by atoms with van der Waals surface area (Å²) in [5.74, 6) is 0.316. The van der Waals surface area contributed by atoms with Crippen LogP contribution in [-0.4, -0.2) is 15.7 Å². The van der Waals surface area contributed by atoms with Gasteiger partial charge in [-0.25, -0.2) is 0 Å². The Hall–Kier alpha value is -2.40. The zero-order valence-corrected chi connectivity index (χ0v) is 16.5. The molecule has 0 saturated carbocycles. The Bertz CT molecular complexity index is 886. The summed E-state index contributed by atoms with van der Waals surface area (Å²) in [6.45, 7) is 5.00. The van der Waals surface area contributed by atoms with Crippen molar-refractivity contribution in [2.45, 2.75) is 32.7 Å². The van der Waals surface area contributed by atoms with Gasteiger partial charge in [-0.05, 0) is 57.6 Å². The molecule has 0 fully saturated rings. The van der Waals surface area contributed by atoms with Gasteiger partial charge in [-0.3, -0.25) is 9.48 Å². The molecule has 26 heavy (non-hydrogen) atoms. The molecule has 1 aromatic heterocycles. The molecule has 1 amide bonds. The smallest absolute Gasteiger partial charge is 0.255 e. The molecule has 1 heterocycles. The molecule has 1 N–H and O–H groups in total. The number of carbonyl (C=O) groups is 1. The van der Waals surface area contributed by atoms with Gasteiger partial charge in [0.1, 0.15) is 0 Å². The highest BCUT2D eigenvalue weighted by atomic mass is 79.9. The van der Waals surface area contributed by atoms with Crippen molar-refractivity contribution in [3.05, 3.63) is 82.1 Å². The number of carbonyl (C=O) groups excluding carboxylic acids is 1. The number of nitrogens with one attached hydrogen (secondary N) is 1. The Morgan fingerprint density at radius 3 is 2.58 bits per heavy atom. The fourth-order valence-corrected chi connectivity index (χ4v) is 3.16. The highest BCUT2D eigenvalue weighted by molar-refractivity contribution is 9.10. The number of hydrogen-bond acceptors (Lipinski definition) is 2. The SMILES string of the molecule is CC[C@@H](C)c1ccccc1NC(=O)c1ccc(Cn2cc(Br)cn2)cc1. The summed E-state index contributed by atoms with van der Waals surface area (Å²) in [7, 11) is 0. The van der Waals surface area contributed by atoms with Crippen LogP contribution in [0, 0.1) is 0 Å². The number of aromatic nitrogens is 2. The number of para-hydroxylation sites is 1. The fraction of sp³-hybridized carbons (Fsp3) is 0.238. The second-order valence-electron chi connectivity index (χ2n) is 6.40. The topological polar surface area (TPSA) is 46.9 Å². The van der Waals surface area contributed by atoms with Crippen LogP contribution in [0.4, 0.5) is 5.69 Å². The highest BCUT2D eigenvalue weighted by Gasteiger charge is 2.12. The molecule has 0 aliphatic heterocycles. The minimum atomic E-state index is -0.0888. The van der Waals surface area contributed by atoms with Crippen LogP contribution in [0.1, 0.15) is 47.7 Å². The Morgan fingerprint density at radius 2 is 1.92 bits per heavy atom. The third-order valence-electron chi connectivity index (χ3n) is 4.51. The lowest BCUT2D eigenvalue weighted by Gasteiger charge is -2.15. The summed E-state index contributed by atoms with van der Waals surface area (Å²) in [4.78, 5) is 12.6. The summed E-state index contributed by atoms with van der Waals surface area (Å²) in [5.41, 5.74) is 3.80. The number of benzene rings is 2. The molecule has 3 aromatic rings. The maximum Gasteiger partial charge on any atom is 0.255 e. The third-order valence-corrected chi connectivity index (χ3v) is 4.92. The molecule has 0 saturated heterocycles. The standard InChI is InChI=1S/C21H22BrN3O/c1-3-15(2)19-6-4-5-7-20(19)24-21(26)17-10-8-16(9-11-17)13-25-14-18(22)12-23-25/h4-12,14-15H,3,13H2,1-2H3,(H,24,26)/t15-/m1/s1. The number of nitrogens with zero attached hydrogens (tertiary/aromatic N) is 2. The molecule has 5 heteroatoms. The van der Waals surface area contributed by atoms with E-state index < -0.39 is 0 Å². The summed E-state index contributed by atoms with van der Waals surface area (Å²) < 4.78 is 2.80. The minimum Gasteiger partial charge on any atom is -0.322 e. The molecule has 0 bridgehead atoms. The predicted molar refractivity (Wildman–Crippen MR) is 109 cm³/mol. The maximum absolute atomic E-state index is 12.6. The van der Waals surface area contributed by atoms with Gasteiger partial charge in [-0.2, -0.15) is 5.10 Å². The van der Waals surface area contributed by atoms with Crippen LogP contribution < -0.4 is 5.32 Å². The van der Waals surface area contributed by atoms with Gasteiger partial charge in [0.15, 0.2) is 0 Å². The van der Waals surface area contributed by atoms with Crippen LogP contribution in [0.15, 0.2) is 65.4 Å². The van der Waals surface area contributed by atoms with Crippen molar-refractivity contribution in [1.29, 1.82) is 0 Å². The van der Waals surface area contributed by atoms with E-state index in [-0.39, 0.29) is 5.91 Å². The van der Waals surface area contributed by atoms with Crippen molar-refractivity contribution in [2.24, 2.45) is 0 Å². The van der Waals surface area contributed by atoms with Crippen molar-refractivity contribution in [3.8, 4) is 0 Å². The molecule has 2 aromatic carbocycles. The number of amides is 1. The minimum absolute atomic E-state index is 0.0888. The first-order chi connectivity index (χ1) is 12.6. The number of anilines is 1. The van der Waals surface area contributed by atoms with Crippen LogP contribution in [-0.2, 0) is 6.54 Å². The monoisotopic (exact) mass is 411 g/mol. The van der Waals surface area contributed by atoms with Crippen LogP contribution in [0.5, 0.6) is 0 Å². The summed E-state index contributed by atoms with van der Waals surface area (Å²) in [6, 6.07) is 15.6. The van der Waals surface area contributed by atoms with E-state index in [0.717, 1.165) is 22.1 Å². The van der Waals surface area contributed by atoms with Gasteiger partial charge < -0.3 is 5.32 Å². The second kappa shape index (κ2) is 8.32. The summed E-state index contributed by atoms with van der Waals surface area (Å²) in [6.07, 6.45) is 4.72. The van der Waals surface area contributed by atoms with E-state index in [1.807, 2.05) is 53.3 Å². The highest BCUT2D eigenvalue weighted by Crippen LogP contribution is 2.26. The summed E-state index contributed by atoms with van der Waals surface area (Å²) in [5, 5.41) is 7.30. The lowest BCUT2D eigenvalue weighted by Crippen LogP contribution is -2.14. The van der Waals surface area contributed by atoms with Gasteiger partial charge in [-0.1, -0.05) is 44.2 Å². The molecule has 0 aliphatic rings. The third kappa shape index (κ3) is 4.41. The first-order valence-corrected chi connectivity index (χ1v) is 9.53. The Morgan fingerprint density at radius 1 is 1.19 bits per heavy atom. The van der Waals surface area contributed by atoms with Gasteiger partial charge in [0.05, 0.1) is 17.2 Å². The van der Waals surface area contributed by atoms with Crippen LogP contribution >= 0.6 is 15.9 Å². The first kappa shape index (κ1) is 18.4. The van der Waals surface area contributed by atoms with Gasteiger partial charge in [0.25, 0.3) is 5.91 Å². The normalized spacial score (nSPS) is 12.0. The fourth-order valence-electron chi connectivity index (χ4n) is 2.83. The van der Waals surface area contributed by atoms with Crippen molar-refractivity contribution in [2.75, 3.05) is 5.32 Å². The molecular formula is C21H22BrN3O. The Kier molecular flexibility index (Phi) is 5.89. The van der Waals surface area contributed by atoms with E-state index in [1.165, 1.54) is 5.56 Å². The largest absolute Gasteiger partial charge is 0.322 e. The van der Waals surface area contributed by atoms with Crippen LogP contribution in [0.25, 0.3) is 0 Å². The molecule has 134 valence electrons. The van der Waals surface area contributed by atoms with Gasteiger partial charge in [-0.15, -0.1) is 0 Å². The summed E-state index contributed by atoms with van der Waals surface area (Å²) >= 11 is 3.39. The zero-order chi connectivity index (χ0) is 18.5. The van der Waals surface area contributed by atoms with Crippen molar-refractivity contribution in [3.63, 3.8) is 0 Å². The van der Waals surface area contributed by atoms with Gasteiger partial charge >= 0.3 is 0 Å². The Balaban J connectivity index is 1.71. The second-order valence-corrected chi connectivity index (χ2v) is 7.32. The maximum atomic E-state index is 12.6. The number of halogens is 1. The molecule has 0 radical (unpaired) electrons. The Labute approximate surface area is 162 Å². The lowest BCUT2D eigenvalue weighted by atomic mass is 9.96. The van der Waals surface area contributed by atoms with Crippen LogP contribution in [0.3, 0.4) is 0 Å². The van der Waals surface area contributed by atoms with E-state index in [9.17, 15) is 4.79 Å². The molecule has 4 nitrogen and oxygen atoms in total. The van der Waals surface area contributed by atoms with Gasteiger partial charge in [0, 0.05) is 17.4 Å². The van der Waals surface area contributed by atoms with Crippen LogP contribution in [0.2, 0.25) is 0 Å². The van der Waals surface area contributed by atoms with E-state index >= 15 is 0 Å². The van der Waals surface area contributed by atoms with E-state index in [4.69, 9.17) is 0 Å². The van der Waals surface area contributed by atoms with E-state index in [1.54, 1.807) is 6.20 Å². The number of rotatable bonds is 6. The molecule has 3 rings (SSSR count). The molecule has 1 atom stereocenters. The van der Waals surface area contributed by atoms with Crippen molar-refractivity contribution < 1.29 is 4.79 Å². The number of hydrogen-bond donors (Lipinski definition) is 1. The molecule has 0 unspecified atom stereocenters. The average molecular weight is 412 g/mol. The van der Waals surface area contributed by atoms with E-state index in [0.29, 0.717) is 18.0 Å². The molecular weight excluding hydrogens is 390 g/mol. The lowest BCUT2D eigenvalue weighted by molar-refractivity contribution is 0.102. The van der Waals surface area contributed by atoms with Gasteiger partial charge in [0.2, 0.25) is 0 Å². The van der Waals surface area contributed by atoms with Crippen molar-refractivity contribution in [1.82, 2.24) is 9.78 Å². The molecule has 0 aliphatic carbocycles. The first-order valence-electron chi connectivity index (χ1n) is 8.74. The van der Waals surface area contributed by atoms with Crippen molar-refractivity contribution >= 4 is 27.5 Å². The zero-order valence-electron chi connectivity index (χ0n) is 14.9. The average Bonchev–Trinajstić information content (AvgIpc) is 3.07. The molecule has 0 spiro atoms.